The molecule has 122 valence electrons. The third-order valence-corrected chi connectivity index (χ3v) is 3.88. The molecule has 0 fully saturated rings. The first-order valence-electron chi connectivity index (χ1n) is 7.22. The summed E-state index contributed by atoms with van der Waals surface area (Å²) in [4.78, 5) is 12.1. The van der Waals surface area contributed by atoms with Crippen LogP contribution >= 0.6 is 15.9 Å². The van der Waals surface area contributed by atoms with Crippen molar-refractivity contribution >= 4 is 21.9 Å². The molecule has 0 spiro atoms. The van der Waals surface area contributed by atoms with Crippen molar-refractivity contribution in [3.63, 3.8) is 0 Å². The summed E-state index contributed by atoms with van der Waals surface area (Å²) < 4.78 is 16.8. The van der Waals surface area contributed by atoms with Gasteiger partial charge < -0.3 is 14.2 Å². The number of hydrogen-bond acceptors (Lipinski definition) is 4. The molecule has 2 aromatic carbocycles. The minimum Gasteiger partial charge on any atom is -0.497 e. The third kappa shape index (κ3) is 5.08. The van der Waals surface area contributed by atoms with Crippen LogP contribution in [0, 0.1) is 6.92 Å². The summed E-state index contributed by atoms with van der Waals surface area (Å²) in [5.74, 6) is 0.805. The van der Waals surface area contributed by atoms with Gasteiger partial charge in [-0.05, 0) is 65.2 Å². The van der Waals surface area contributed by atoms with Crippen LogP contribution in [-0.4, -0.2) is 19.2 Å². The van der Waals surface area contributed by atoms with E-state index >= 15 is 0 Å². The molecule has 0 aliphatic heterocycles. The van der Waals surface area contributed by atoms with Crippen LogP contribution in [0.1, 0.15) is 18.1 Å². The van der Waals surface area contributed by atoms with Gasteiger partial charge >= 0.3 is 5.97 Å². The monoisotopic (exact) mass is 378 g/mol. The lowest BCUT2D eigenvalue weighted by Gasteiger charge is -2.14. The molecule has 5 heteroatoms. The quantitative estimate of drug-likeness (QED) is 0.555. The van der Waals surface area contributed by atoms with Gasteiger partial charge in [0.25, 0.3) is 0 Å². The molecule has 0 bridgehead atoms. The number of halogens is 1. The second-order valence-electron chi connectivity index (χ2n) is 5.16. The predicted octanol–water partition coefficient (Wildman–Crippen LogP) is 4.28. The molecule has 4 nitrogen and oxygen atoms in total. The van der Waals surface area contributed by atoms with Crippen molar-refractivity contribution in [2.24, 2.45) is 0 Å². The van der Waals surface area contributed by atoms with Gasteiger partial charge in [-0.1, -0.05) is 18.2 Å². The molecule has 23 heavy (non-hydrogen) atoms. The number of ether oxygens (including phenoxy) is 3. The number of benzene rings is 2. The van der Waals surface area contributed by atoms with E-state index in [-0.39, 0.29) is 0 Å². The van der Waals surface area contributed by atoms with Crippen LogP contribution in [0.15, 0.2) is 46.9 Å². The lowest BCUT2D eigenvalue weighted by atomic mass is 10.2. The molecule has 0 heterocycles. The Balaban J connectivity index is 1.91. The van der Waals surface area contributed by atoms with Crippen LogP contribution in [-0.2, 0) is 16.1 Å². The summed E-state index contributed by atoms with van der Waals surface area (Å²) in [6, 6.07) is 13.1. The van der Waals surface area contributed by atoms with Gasteiger partial charge in [0, 0.05) is 0 Å². The predicted molar refractivity (Wildman–Crippen MR) is 91.8 cm³/mol. The Morgan fingerprint density at radius 1 is 1.22 bits per heavy atom. The molecule has 2 rings (SSSR count). The fourth-order valence-corrected chi connectivity index (χ4v) is 2.51. The number of carbonyl (C=O) groups excluding carboxylic acids is 1. The summed E-state index contributed by atoms with van der Waals surface area (Å²) in [6.07, 6.45) is -0.672. The topological polar surface area (TPSA) is 44.8 Å². The Kier molecular flexibility index (Phi) is 6.19. The zero-order valence-corrected chi connectivity index (χ0v) is 14.9. The number of esters is 1. The Bertz CT molecular complexity index is 684. The number of hydrogen-bond donors (Lipinski definition) is 0. The molecule has 0 N–H and O–H groups in total. The van der Waals surface area contributed by atoms with Gasteiger partial charge in [0.05, 0.1) is 18.2 Å². The maximum atomic E-state index is 12.1. The van der Waals surface area contributed by atoms with Gasteiger partial charge in [-0.2, -0.15) is 0 Å². The Labute approximate surface area is 144 Å². The molecule has 0 aliphatic carbocycles. The van der Waals surface area contributed by atoms with Crippen LogP contribution in [0.3, 0.4) is 0 Å². The van der Waals surface area contributed by atoms with Crippen LogP contribution < -0.4 is 9.47 Å². The van der Waals surface area contributed by atoms with E-state index in [9.17, 15) is 4.79 Å². The maximum Gasteiger partial charge on any atom is 0.340 e. The molecular weight excluding hydrogens is 360 g/mol. The van der Waals surface area contributed by atoms with E-state index in [1.807, 2.05) is 43.3 Å². The van der Waals surface area contributed by atoms with E-state index in [1.54, 1.807) is 20.1 Å². The smallest absolute Gasteiger partial charge is 0.340 e. The van der Waals surface area contributed by atoms with E-state index in [0.29, 0.717) is 12.4 Å². The van der Waals surface area contributed by atoms with E-state index < -0.39 is 12.1 Å². The maximum absolute atomic E-state index is 12.1. The van der Waals surface area contributed by atoms with Crippen LogP contribution in [0.4, 0.5) is 0 Å². The molecule has 0 aromatic heterocycles. The second-order valence-corrected chi connectivity index (χ2v) is 6.01. The highest BCUT2D eigenvalue weighted by atomic mass is 79.9. The molecule has 1 atom stereocenters. The minimum absolute atomic E-state index is 0.308. The first-order chi connectivity index (χ1) is 11.0. The highest BCUT2D eigenvalue weighted by Crippen LogP contribution is 2.26. The van der Waals surface area contributed by atoms with E-state index in [4.69, 9.17) is 14.2 Å². The summed E-state index contributed by atoms with van der Waals surface area (Å²) in [6.45, 7) is 3.95. The first kappa shape index (κ1) is 17.5. The van der Waals surface area contributed by atoms with Crippen LogP contribution in [0.5, 0.6) is 11.5 Å². The SMILES string of the molecule is COc1cccc(COC(C)C(=O)Oc2ccc(C)cc2Br)c1. The van der Waals surface area contributed by atoms with Crippen molar-refractivity contribution < 1.29 is 19.0 Å². The van der Waals surface area contributed by atoms with Gasteiger partial charge in [0.15, 0.2) is 6.10 Å². The third-order valence-electron chi connectivity index (χ3n) is 3.26. The van der Waals surface area contributed by atoms with Crippen LogP contribution in [0.25, 0.3) is 0 Å². The van der Waals surface area contributed by atoms with Crippen molar-refractivity contribution in [2.45, 2.75) is 26.6 Å². The highest BCUT2D eigenvalue weighted by molar-refractivity contribution is 9.10. The molecule has 1 unspecified atom stereocenters. The van der Waals surface area contributed by atoms with E-state index in [2.05, 4.69) is 15.9 Å². The average molecular weight is 379 g/mol. The molecular formula is C18H19BrO4. The van der Waals surface area contributed by atoms with Crippen molar-refractivity contribution in [1.29, 1.82) is 0 Å². The Hall–Kier alpha value is -1.85. The number of aryl methyl sites for hydroxylation is 1. The zero-order valence-electron chi connectivity index (χ0n) is 13.3. The molecule has 0 saturated carbocycles. The van der Waals surface area contributed by atoms with Crippen molar-refractivity contribution in [2.75, 3.05) is 7.11 Å². The summed E-state index contributed by atoms with van der Waals surface area (Å²) in [5, 5.41) is 0. The fourth-order valence-electron chi connectivity index (χ4n) is 1.93. The van der Waals surface area contributed by atoms with E-state index in [1.165, 1.54) is 0 Å². The lowest BCUT2D eigenvalue weighted by Crippen LogP contribution is -2.25. The average Bonchev–Trinajstić information content (AvgIpc) is 2.55. The van der Waals surface area contributed by atoms with Gasteiger partial charge in [0.1, 0.15) is 11.5 Å². The number of rotatable bonds is 6. The molecule has 0 saturated heterocycles. The Morgan fingerprint density at radius 2 is 2.00 bits per heavy atom. The van der Waals surface area contributed by atoms with Crippen molar-refractivity contribution in [1.82, 2.24) is 0 Å². The molecule has 0 aliphatic rings. The molecule has 2 aromatic rings. The first-order valence-corrected chi connectivity index (χ1v) is 8.01. The normalized spacial score (nSPS) is 11.8. The summed E-state index contributed by atoms with van der Waals surface area (Å²) in [7, 11) is 1.61. The number of methoxy groups -OCH3 is 1. The largest absolute Gasteiger partial charge is 0.497 e. The minimum atomic E-state index is -0.672. The van der Waals surface area contributed by atoms with Gasteiger partial charge in [0.2, 0.25) is 0 Å². The second kappa shape index (κ2) is 8.13. The summed E-state index contributed by atoms with van der Waals surface area (Å²) >= 11 is 3.38. The van der Waals surface area contributed by atoms with Crippen molar-refractivity contribution in [3.05, 3.63) is 58.1 Å². The lowest BCUT2D eigenvalue weighted by molar-refractivity contribution is -0.147. The molecule has 0 radical (unpaired) electrons. The van der Waals surface area contributed by atoms with E-state index in [0.717, 1.165) is 21.3 Å². The zero-order chi connectivity index (χ0) is 16.8. The Morgan fingerprint density at radius 3 is 2.70 bits per heavy atom. The fraction of sp³-hybridized carbons (Fsp3) is 0.278. The van der Waals surface area contributed by atoms with Gasteiger partial charge in [-0.15, -0.1) is 0 Å². The standard InChI is InChI=1S/C18H19BrO4/c1-12-7-8-17(16(19)9-12)23-18(20)13(2)22-11-14-5-4-6-15(10-14)21-3/h4-10,13H,11H2,1-3H3. The van der Waals surface area contributed by atoms with Crippen molar-refractivity contribution in [3.8, 4) is 11.5 Å². The summed E-state index contributed by atoms with van der Waals surface area (Å²) in [5.41, 5.74) is 2.01. The number of carbonyl (C=O) groups is 1. The van der Waals surface area contributed by atoms with Crippen LogP contribution in [0.2, 0.25) is 0 Å². The molecule has 0 amide bonds. The van der Waals surface area contributed by atoms with Gasteiger partial charge in [-0.3, -0.25) is 0 Å². The van der Waals surface area contributed by atoms with Gasteiger partial charge in [-0.25, -0.2) is 4.79 Å². The highest BCUT2D eigenvalue weighted by Gasteiger charge is 2.17.